The average molecular weight is 185 g/mol. The lowest BCUT2D eigenvalue weighted by Gasteiger charge is -2.05. The Hall–Kier alpha value is -1.83. The van der Waals surface area contributed by atoms with Crippen molar-refractivity contribution in [2.45, 2.75) is 0 Å². The highest BCUT2D eigenvalue weighted by Gasteiger charge is 2.09. The first-order valence-electron chi connectivity index (χ1n) is 4.40. The molecule has 0 aliphatic carbocycles. The van der Waals surface area contributed by atoms with E-state index in [0.29, 0.717) is 0 Å². The summed E-state index contributed by atoms with van der Waals surface area (Å²) in [6.07, 6.45) is 3.84. The predicted molar refractivity (Wildman–Crippen MR) is 57.8 cm³/mol. The van der Waals surface area contributed by atoms with Gasteiger partial charge in [0.2, 0.25) is 0 Å². The molecule has 14 heavy (non-hydrogen) atoms. The van der Waals surface area contributed by atoms with E-state index in [-0.39, 0.29) is 0 Å². The number of hydrogen-bond donors (Lipinski definition) is 0. The fraction of sp³-hybridized carbons (Fsp3) is 0.0833. The normalized spacial score (nSPS) is 14.4. The summed E-state index contributed by atoms with van der Waals surface area (Å²) >= 11 is 0. The molecule has 2 heteroatoms. The second-order valence-corrected chi connectivity index (χ2v) is 3.02. The molecule has 1 aromatic carbocycles. The summed E-state index contributed by atoms with van der Waals surface area (Å²) in [5.41, 5.74) is 2.70. The summed E-state index contributed by atoms with van der Waals surface area (Å²) < 4.78 is 5.25. The molecule has 0 amide bonds. The minimum absolute atomic E-state index is 0.783. The number of methoxy groups -OCH3 is 1. The summed E-state index contributed by atoms with van der Waals surface area (Å²) in [6, 6.07) is 7.82. The van der Waals surface area contributed by atoms with Crippen LogP contribution in [0.3, 0.4) is 0 Å². The molecular weight excluding hydrogens is 174 g/mol. The van der Waals surface area contributed by atoms with Crippen molar-refractivity contribution in [3.05, 3.63) is 54.3 Å². The van der Waals surface area contributed by atoms with E-state index in [4.69, 9.17) is 4.74 Å². The van der Waals surface area contributed by atoms with Gasteiger partial charge in [-0.3, -0.25) is 0 Å². The van der Waals surface area contributed by atoms with Gasteiger partial charge in [-0.15, -0.1) is 0 Å². The molecule has 0 N–H and O–H groups in total. The van der Waals surface area contributed by atoms with Crippen LogP contribution in [0.5, 0.6) is 5.75 Å². The van der Waals surface area contributed by atoms with Crippen LogP contribution in [0.2, 0.25) is 0 Å². The van der Waals surface area contributed by atoms with Crippen LogP contribution < -0.4 is 4.74 Å². The van der Waals surface area contributed by atoms with E-state index < -0.39 is 0 Å². The number of benzene rings is 1. The van der Waals surface area contributed by atoms with Crippen LogP contribution in [-0.4, -0.2) is 12.8 Å². The van der Waals surface area contributed by atoms with Crippen LogP contribution in [0.1, 0.15) is 5.56 Å². The summed E-state index contributed by atoms with van der Waals surface area (Å²) in [5, 5.41) is 0. The van der Waals surface area contributed by atoms with E-state index in [9.17, 15) is 0 Å². The van der Waals surface area contributed by atoms with E-state index in [1.807, 2.05) is 36.4 Å². The molecule has 0 atom stereocenters. The molecule has 0 radical (unpaired) electrons. The zero-order valence-electron chi connectivity index (χ0n) is 8.03. The summed E-state index contributed by atoms with van der Waals surface area (Å²) in [5.74, 6) is 0.839. The second kappa shape index (κ2) is 3.50. The topological polar surface area (TPSA) is 21.6 Å². The van der Waals surface area contributed by atoms with Gasteiger partial charge in [0, 0.05) is 5.56 Å². The Kier molecular flexibility index (Phi) is 2.19. The van der Waals surface area contributed by atoms with Gasteiger partial charge in [0.25, 0.3) is 0 Å². The quantitative estimate of drug-likeness (QED) is 0.694. The molecule has 1 heterocycles. The fourth-order valence-electron chi connectivity index (χ4n) is 1.41. The number of para-hydroxylation sites is 1. The van der Waals surface area contributed by atoms with Crippen molar-refractivity contribution in [2.24, 2.45) is 4.99 Å². The molecule has 0 aromatic heterocycles. The van der Waals surface area contributed by atoms with Crippen LogP contribution in [0, 0.1) is 0 Å². The number of aliphatic imine (C=N–C) groups is 1. The SMILES string of the molecule is C=C1C=CC(c2ccccc2OC)=N1. The first-order valence-corrected chi connectivity index (χ1v) is 4.40. The van der Waals surface area contributed by atoms with Crippen LogP contribution in [-0.2, 0) is 0 Å². The van der Waals surface area contributed by atoms with Gasteiger partial charge >= 0.3 is 0 Å². The van der Waals surface area contributed by atoms with E-state index >= 15 is 0 Å². The third-order valence-corrected chi connectivity index (χ3v) is 2.08. The summed E-state index contributed by atoms with van der Waals surface area (Å²) in [7, 11) is 1.66. The monoisotopic (exact) mass is 185 g/mol. The van der Waals surface area contributed by atoms with Crippen LogP contribution in [0.25, 0.3) is 0 Å². The first kappa shape index (κ1) is 8.75. The van der Waals surface area contributed by atoms with Crippen LogP contribution in [0.15, 0.2) is 53.7 Å². The van der Waals surface area contributed by atoms with Gasteiger partial charge in [-0.2, -0.15) is 0 Å². The number of ether oxygens (including phenoxy) is 1. The predicted octanol–water partition coefficient (Wildman–Crippen LogP) is 2.57. The molecular formula is C12H11NO. The highest BCUT2D eigenvalue weighted by atomic mass is 16.5. The lowest BCUT2D eigenvalue weighted by molar-refractivity contribution is 0.414. The zero-order chi connectivity index (χ0) is 9.97. The first-order chi connectivity index (χ1) is 6.81. The van der Waals surface area contributed by atoms with Gasteiger partial charge in [0.15, 0.2) is 0 Å². The highest BCUT2D eigenvalue weighted by molar-refractivity contribution is 6.12. The van der Waals surface area contributed by atoms with Crippen molar-refractivity contribution >= 4 is 5.71 Å². The minimum Gasteiger partial charge on any atom is -0.496 e. The van der Waals surface area contributed by atoms with Crippen LogP contribution >= 0.6 is 0 Å². The Morgan fingerprint density at radius 1 is 1.21 bits per heavy atom. The smallest absolute Gasteiger partial charge is 0.128 e. The zero-order valence-corrected chi connectivity index (χ0v) is 8.03. The summed E-state index contributed by atoms with van der Waals surface area (Å²) in [4.78, 5) is 4.30. The molecule has 2 nitrogen and oxygen atoms in total. The second-order valence-electron chi connectivity index (χ2n) is 3.02. The van der Waals surface area contributed by atoms with E-state index in [1.165, 1.54) is 0 Å². The number of nitrogens with zero attached hydrogens (tertiary/aromatic N) is 1. The van der Waals surface area contributed by atoms with Gasteiger partial charge in [-0.25, -0.2) is 4.99 Å². The minimum atomic E-state index is 0.783. The Morgan fingerprint density at radius 3 is 2.64 bits per heavy atom. The van der Waals surface area contributed by atoms with Gasteiger partial charge in [0.05, 0.1) is 18.5 Å². The van der Waals surface area contributed by atoms with Crippen LogP contribution in [0.4, 0.5) is 0 Å². The van der Waals surface area contributed by atoms with Crippen molar-refractivity contribution < 1.29 is 4.74 Å². The third-order valence-electron chi connectivity index (χ3n) is 2.08. The molecule has 0 saturated carbocycles. The maximum absolute atomic E-state index is 5.25. The van der Waals surface area contributed by atoms with E-state index in [2.05, 4.69) is 11.6 Å². The van der Waals surface area contributed by atoms with Gasteiger partial charge < -0.3 is 4.74 Å². The third kappa shape index (κ3) is 1.46. The molecule has 1 aromatic rings. The Bertz CT molecular complexity index is 430. The maximum Gasteiger partial charge on any atom is 0.128 e. The van der Waals surface area contributed by atoms with Crippen molar-refractivity contribution in [1.82, 2.24) is 0 Å². The van der Waals surface area contributed by atoms with Crippen molar-refractivity contribution in [3.63, 3.8) is 0 Å². The van der Waals surface area contributed by atoms with Gasteiger partial charge in [-0.05, 0) is 24.3 Å². The average Bonchev–Trinajstić information content (AvgIpc) is 2.65. The van der Waals surface area contributed by atoms with Gasteiger partial charge in [-0.1, -0.05) is 18.7 Å². The summed E-state index contributed by atoms with van der Waals surface area (Å²) in [6.45, 7) is 3.77. The largest absolute Gasteiger partial charge is 0.496 e. The molecule has 0 saturated heterocycles. The molecule has 0 fully saturated rings. The molecule has 1 aliphatic rings. The Morgan fingerprint density at radius 2 is 2.00 bits per heavy atom. The number of rotatable bonds is 2. The molecule has 0 spiro atoms. The van der Waals surface area contributed by atoms with Gasteiger partial charge in [0.1, 0.15) is 5.75 Å². The van der Waals surface area contributed by atoms with Crippen molar-refractivity contribution in [3.8, 4) is 5.75 Å². The highest BCUT2D eigenvalue weighted by Crippen LogP contribution is 2.22. The van der Waals surface area contributed by atoms with Crippen molar-refractivity contribution in [2.75, 3.05) is 7.11 Å². The lowest BCUT2D eigenvalue weighted by Crippen LogP contribution is -1.97. The Balaban J connectivity index is 2.46. The molecule has 0 bridgehead atoms. The number of allylic oxidation sites excluding steroid dienone is 2. The molecule has 70 valence electrons. The molecule has 0 unspecified atom stereocenters. The lowest BCUT2D eigenvalue weighted by atomic mass is 10.1. The number of hydrogen-bond acceptors (Lipinski definition) is 2. The van der Waals surface area contributed by atoms with E-state index in [0.717, 1.165) is 22.7 Å². The fourth-order valence-corrected chi connectivity index (χ4v) is 1.41. The van der Waals surface area contributed by atoms with E-state index in [1.54, 1.807) is 7.11 Å². The molecule has 1 aliphatic heterocycles. The standard InChI is InChI=1S/C12H11NO/c1-9-7-8-11(13-9)10-5-3-4-6-12(10)14-2/h3-8H,1H2,2H3. The maximum atomic E-state index is 5.25. The van der Waals surface area contributed by atoms with Crippen molar-refractivity contribution in [1.29, 1.82) is 0 Å². The Labute approximate surface area is 83.2 Å². The molecule has 2 rings (SSSR count).